The van der Waals surface area contributed by atoms with Gasteiger partial charge >= 0.3 is 0 Å². The number of allylic oxidation sites excluding steroid dienone is 2. The number of carbonyl (C=O) groups excluding carboxylic acids is 2. The summed E-state index contributed by atoms with van der Waals surface area (Å²) in [6, 6.07) is 15.3. The van der Waals surface area contributed by atoms with Crippen LogP contribution in [0, 0.1) is 23.7 Å². The molecule has 38 heavy (non-hydrogen) atoms. The van der Waals surface area contributed by atoms with Gasteiger partial charge in [0.05, 0.1) is 29.6 Å². The molecule has 2 fully saturated rings. The number of ether oxygens (including phenoxy) is 1. The van der Waals surface area contributed by atoms with E-state index in [2.05, 4.69) is 32.1 Å². The van der Waals surface area contributed by atoms with Crippen LogP contribution in [0.3, 0.4) is 0 Å². The maximum atomic E-state index is 13.4. The highest BCUT2D eigenvalue weighted by molar-refractivity contribution is 6.32. The van der Waals surface area contributed by atoms with Crippen molar-refractivity contribution in [2.24, 2.45) is 23.7 Å². The largest absolute Gasteiger partial charge is 0.508 e. The Bertz CT molecular complexity index is 1280. The number of nitrogens with zero attached hydrogens (tertiary/aromatic N) is 1. The molecule has 2 aromatic carbocycles. The highest BCUT2D eigenvalue weighted by Gasteiger charge is 2.56. The molecule has 2 heterocycles. The SMILES string of the molecule is CCCN1C(=O)[C@@H]2[C@@H](CC(C(C)C)=C3[C@@H](CC/C(=C/c4ccc(O)cc4Cl)c4ccccc4)OC[C@@H]32)C1=O. The van der Waals surface area contributed by atoms with Gasteiger partial charge in [-0.3, -0.25) is 14.5 Å². The van der Waals surface area contributed by atoms with Crippen molar-refractivity contribution in [1.82, 2.24) is 4.90 Å². The van der Waals surface area contributed by atoms with E-state index in [4.69, 9.17) is 16.3 Å². The monoisotopic (exact) mass is 533 g/mol. The van der Waals surface area contributed by atoms with Gasteiger partial charge in [-0.2, -0.15) is 0 Å². The molecule has 5 rings (SSSR count). The van der Waals surface area contributed by atoms with Crippen LogP contribution in [0.25, 0.3) is 11.6 Å². The molecule has 4 atom stereocenters. The first-order valence-electron chi connectivity index (χ1n) is 13.7. The lowest BCUT2D eigenvalue weighted by Crippen LogP contribution is -2.35. The van der Waals surface area contributed by atoms with Crippen molar-refractivity contribution in [3.63, 3.8) is 0 Å². The number of hydrogen-bond acceptors (Lipinski definition) is 4. The molecular weight excluding hydrogens is 498 g/mol. The number of halogens is 1. The molecule has 0 unspecified atom stereocenters. The van der Waals surface area contributed by atoms with Crippen molar-refractivity contribution in [3.8, 4) is 5.75 Å². The summed E-state index contributed by atoms with van der Waals surface area (Å²) in [6.07, 6.45) is 4.97. The van der Waals surface area contributed by atoms with Gasteiger partial charge < -0.3 is 9.84 Å². The van der Waals surface area contributed by atoms with Crippen LogP contribution < -0.4 is 0 Å². The minimum atomic E-state index is -0.295. The highest BCUT2D eigenvalue weighted by atomic mass is 35.5. The van der Waals surface area contributed by atoms with Crippen molar-refractivity contribution in [3.05, 3.63) is 75.8 Å². The Hall–Kier alpha value is -2.89. The van der Waals surface area contributed by atoms with E-state index in [0.717, 1.165) is 36.0 Å². The minimum absolute atomic E-state index is 0.00238. The molecule has 6 heteroatoms. The number of aromatic hydroxyl groups is 1. The van der Waals surface area contributed by atoms with Gasteiger partial charge in [0, 0.05) is 12.5 Å². The Morgan fingerprint density at radius 1 is 1.13 bits per heavy atom. The van der Waals surface area contributed by atoms with Crippen LogP contribution in [0.4, 0.5) is 0 Å². The van der Waals surface area contributed by atoms with Crippen LogP contribution >= 0.6 is 11.6 Å². The maximum Gasteiger partial charge on any atom is 0.233 e. The van der Waals surface area contributed by atoms with Crippen LogP contribution in [-0.4, -0.2) is 41.1 Å². The topological polar surface area (TPSA) is 66.8 Å². The number of fused-ring (bicyclic) bond motifs is 3. The number of hydrogen-bond donors (Lipinski definition) is 1. The third-order valence-electron chi connectivity index (χ3n) is 8.31. The first-order chi connectivity index (χ1) is 18.3. The second-order valence-corrected chi connectivity index (χ2v) is 11.4. The number of carbonyl (C=O) groups is 2. The lowest BCUT2D eigenvalue weighted by atomic mass is 9.67. The Morgan fingerprint density at radius 3 is 2.58 bits per heavy atom. The highest BCUT2D eigenvalue weighted by Crippen LogP contribution is 2.51. The number of imide groups is 1. The normalized spacial score (nSPS) is 25.4. The molecule has 1 N–H and O–H groups in total. The first kappa shape index (κ1) is 26.7. The van der Waals surface area contributed by atoms with Crippen molar-refractivity contribution in [1.29, 1.82) is 0 Å². The number of likely N-dealkylation sites (tertiary alicyclic amines) is 1. The summed E-state index contributed by atoms with van der Waals surface area (Å²) in [4.78, 5) is 28.0. The predicted octanol–water partition coefficient (Wildman–Crippen LogP) is 6.75. The molecule has 0 aromatic heterocycles. The Kier molecular flexibility index (Phi) is 7.78. The quantitative estimate of drug-likeness (QED) is 0.231. The van der Waals surface area contributed by atoms with Crippen molar-refractivity contribution in [2.75, 3.05) is 13.2 Å². The van der Waals surface area contributed by atoms with Crippen LogP contribution in [0.15, 0.2) is 59.7 Å². The minimum Gasteiger partial charge on any atom is -0.508 e. The molecule has 0 spiro atoms. The summed E-state index contributed by atoms with van der Waals surface area (Å²) in [7, 11) is 0. The number of amides is 2. The average molecular weight is 534 g/mol. The van der Waals surface area contributed by atoms with Crippen molar-refractivity contribution >= 4 is 35.1 Å². The standard InChI is InChI=1S/C32H36ClNO4/c1-4-14-34-31(36)25-17-24(19(2)3)29-26(30(25)32(34)37)18-38-28(29)13-11-21(20-8-6-5-7-9-20)15-22-10-12-23(35)16-27(22)33/h5-10,12,15-16,19,25-26,28,30,35H,4,11,13-14,17-18H2,1-3H3/b21-15-/t25-,26+,28-,30-/m1/s1. The van der Waals surface area contributed by atoms with E-state index in [0.29, 0.717) is 30.5 Å². The van der Waals surface area contributed by atoms with Crippen LogP contribution in [0.5, 0.6) is 5.75 Å². The van der Waals surface area contributed by atoms with Gasteiger partial charge in [0.25, 0.3) is 0 Å². The predicted molar refractivity (Wildman–Crippen MR) is 150 cm³/mol. The molecule has 0 saturated carbocycles. The van der Waals surface area contributed by atoms with E-state index in [-0.39, 0.29) is 41.4 Å². The van der Waals surface area contributed by atoms with Crippen molar-refractivity contribution < 1.29 is 19.4 Å². The average Bonchev–Trinajstić information content (AvgIpc) is 3.42. The summed E-state index contributed by atoms with van der Waals surface area (Å²) in [5.41, 5.74) is 5.65. The molecule has 2 amide bonds. The van der Waals surface area contributed by atoms with E-state index in [1.54, 1.807) is 12.1 Å². The molecule has 2 aromatic rings. The number of rotatable bonds is 8. The lowest BCUT2D eigenvalue weighted by Gasteiger charge is -2.33. The van der Waals surface area contributed by atoms with Gasteiger partial charge in [0.15, 0.2) is 0 Å². The zero-order chi connectivity index (χ0) is 27.0. The third-order valence-corrected chi connectivity index (χ3v) is 8.64. The zero-order valence-electron chi connectivity index (χ0n) is 22.3. The molecule has 2 saturated heterocycles. The molecule has 5 nitrogen and oxygen atoms in total. The van der Waals surface area contributed by atoms with Crippen molar-refractivity contribution in [2.45, 2.75) is 52.6 Å². The molecule has 1 aliphatic carbocycles. The Labute approximate surface area is 230 Å². The molecule has 0 radical (unpaired) electrons. The molecule has 3 aliphatic rings. The van der Waals surface area contributed by atoms with Gasteiger partial charge in [-0.15, -0.1) is 0 Å². The van der Waals surface area contributed by atoms with E-state index in [1.807, 2.05) is 31.2 Å². The Morgan fingerprint density at radius 2 is 1.89 bits per heavy atom. The summed E-state index contributed by atoms with van der Waals surface area (Å²) >= 11 is 6.44. The van der Waals surface area contributed by atoms with Crippen LogP contribution in [-0.2, 0) is 14.3 Å². The number of phenols is 1. The van der Waals surface area contributed by atoms with Gasteiger partial charge in [-0.1, -0.05) is 68.3 Å². The smallest absolute Gasteiger partial charge is 0.233 e. The zero-order valence-corrected chi connectivity index (χ0v) is 23.1. The van der Waals surface area contributed by atoms with Gasteiger partial charge in [0.1, 0.15) is 5.75 Å². The fourth-order valence-electron chi connectivity index (χ4n) is 6.53. The number of phenolic OH excluding ortho intramolecular Hbond substituents is 1. The Balaban J connectivity index is 1.44. The number of benzene rings is 2. The van der Waals surface area contributed by atoms with Gasteiger partial charge in [0.2, 0.25) is 11.8 Å². The fourth-order valence-corrected chi connectivity index (χ4v) is 6.76. The van der Waals surface area contributed by atoms with E-state index >= 15 is 0 Å². The summed E-state index contributed by atoms with van der Waals surface area (Å²) < 4.78 is 6.42. The van der Waals surface area contributed by atoms with E-state index in [9.17, 15) is 14.7 Å². The third kappa shape index (κ3) is 4.94. The second kappa shape index (κ2) is 11.1. The summed E-state index contributed by atoms with van der Waals surface area (Å²) in [6.45, 7) is 7.36. The molecule has 2 aliphatic heterocycles. The molecular formula is C32H36ClNO4. The maximum absolute atomic E-state index is 13.4. The molecule has 0 bridgehead atoms. The lowest BCUT2D eigenvalue weighted by molar-refractivity contribution is -0.140. The van der Waals surface area contributed by atoms with Gasteiger partial charge in [-0.25, -0.2) is 0 Å². The summed E-state index contributed by atoms with van der Waals surface area (Å²) in [5, 5.41) is 10.3. The summed E-state index contributed by atoms with van der Waals surface area (Å²) in [5.74, 6) is -0.146. The van der Waals surface area contributed by atoms with Crippen LogP contribution in [0.1, 0.15) is 57.6 Å². The van der Waals surface area contributed by atoms with E-state index in [1.165, 1.54) is 16.0 Å². The second-order valence-electron chi connectivity index (χ2n) is 11.0. The first-order valence-corrected chi connectivity index (χ1v) is 14.1. The molecule has 200 valence electrons. The van der Waals surface area contributed by atoms with E-state index < -0.39 is 0 Å². The fraction of sp³-hybridized carbons (Fsp3) is 0.438. The van der Waals surface area contributed by atoms with Gasteiger partial charge in [-0.05, 0) is 78.1 Å². The van der Waals surface area contributed by atoms with Crippen LogP contribution in [0.2, 0.25) is 5.02 Å².